The lowest BCUT2D eigenvalue weighted by molar-refractivity contribution is -0.146. The van der Waals surface area contributed by atoms with Crippen LogP contribution < -0.4 is 5.32 Å². The number of amides is 1. The van der Waals surface area contributed by atoms with Crippen molar-refractivity contribution in [1.82, 2.24) is 0 Å². The van der Waals surface area contributed by atoms with Gasteiger partial charge >= 0.3 is 5.97 Å². The Morgan fingerprint density at radius 2 is 1.50 bits per heavy atom. The average molecular weight is 422 g/mol. The summed E-state index contributed by atoms with van der Waals surface area (Å²) in [7, 11) is 0. The molecule has 150 valence electrons. The van der Waals surface area contributed by atoms with E-state index >= 15 is 0 Å². The summed E-state index contributed by atoms with van der Waals surface area (Å²) in [5, 5.41) is 12.5. The third-order valence-corrected chi connectivity index (χ3v) is 6.64. The monoisotopic (exact) mass is 421 g/mol. The van der Waals surface area contributed by atoms with E-state index in [9.17, 15) is 24.3 Å². The molecule has 1 saturated carbocycles. The molecule has 1 fully saturated rings. The summed E-state index contributed by atoms with van der Waals surface area (Å²) in [5.41, 5.74) is 0.826. The fraction of sp³-hybridized carbons (Fsp3) is 0.217. The van der Waals surface area contributed by atoms with Crippen molar-refractivity contribution in [3.05, 3.63) is 75.8 Å². The van der Waals surface area contributed by atoms with Gasteiger partial charge in [0.05, 0.1) is 33.7 Å². The van der Waals surface area contributed by atoms with Crippen molar-refractivity contribution in [3.8, 4) is 0 Å². The number of hydrogen-bond donors (Lipinski definition) is 2. The number of allylic oxidation sites excluding steroid dienone is 2. The zero-order chi connectivity index (χ0) is 21.2. The predicted molar refractivity (Wildman–Crippen MR) is 109 cm³/mol. The molecular formula is C23H16ClNO5. The Bertz CT molecular complexity index is 1180. The van der Waals surface area contributed by atoms with E-state index in [1.807, 2.05) is 12.2 Å². The number of carboxylic acids is 1. The summed E-state index contributed by atoms with van der Waals surface area (Å²) >= 11 is 6.16. The summed E-state index contributed by atoms with van der Waals surface area (Å²) in [6.45, 7) is 0. The second-order valence-corrected chi connectivity index (χ2v) is 8.28. The lowest BCUT2D eigenvalue weighted by atomic mass is 9.81. The molecule has 30 heavy (non-hydrogen) atoms. The molecule has 6 nitrogen and oxygen atoms in total. The van der Waals surface area contributed by atoms with Crippen LogP contribution in [-0.2, 0) is 9.59 Å². The number of rotatable bonds is 3. The number of carbonyl (C=O) groups excluding carboxylic acids is 3. The van der Waals surface area contributed by atoms with Crippen LogP contribution in [0.5, 0.6) is 0 Å². The van der Waals surface area contributed by atoms with Gasteiger partial charge in [-0.15, -0.1) is 0 Å². The molecule has 4 unspecified atom stereocenters. The van der Waals surface area contributed by atoms with Gasteiger partial charge in [0.1, 0.15) is 0 Å². The van der Waals surface area contributed by atoms with Gasteiger partial charge in [0.2, 0.25) is 5.91 Å². The Morgan fingerprint density at radius 1 is 0.900 bits per heavy atom. The van der Waals surface area contributed by atoms with Crippen molar-refractivity contribution < 1.29 is 24.3 Å². The third kappa shape index (κ3) is 2.57. The second kappa shape index (κ2) is 6.64. The zero-order valence-corrected chi connectivity index (χ0v) is 16.3. The number of carboxylic acid groups (broad SMARTS) is 1. The minimum atomic E-state index is -1.00. The Hall–Kier alpha value is -3.25. The number of halogens is 1. The molecule has 0 spiro atoms. The largest absolute Gasteiger partial charge is 0.481 e. The highest BCUT2D eigenvalue weighted by molar-refractivity contribution is 6.39. The molecule has 2 aromatic rings. The Balaban J connectivity index is 1.53. The first-order valence-electron chi connectivity index (χ1n) is 9.61. The van der Waals surface area contributed by atoms with Gasteiger partial charge in [0, 0.05) is 11.1 Å². The molecule has 4 atom stereocenters. The third-order valence-electron chi connectivity index (χ3n) is 6.33. The first-order valence-corrected chi connectivity index (χ1v) is 9.99. The first kappa shape index (κ1) is 18.8. The highest BCUT2D eigenvalue weighted by Gasteiger charge is 2.51. The van der Waals surface area contributed by atoms with Crippen LogP contribution >= 0.6 is 11.6 Å². The van der Waals surface area contributed by atoms with E-state index in [2.05, 4.69) is 5.32 Å². The number of fused-ring (bicyclic) bond motifs is 4. The van der Waals surface area contributed by atoms with Crippen molar-refractivity contribution >= 4 is 40.7 Å². The number of nitrogens with one attached hydrogen (secondary N) is 1. The van der Waals surface area contributed by atoms with Crippen LogP contribution in [0.3, 0.4) is 0 Å². The molecule has 2 N–H and O–H groups in total. The SMILES string of the molecule is O=C1c2cccc(NC(=O)C3C4C=CC(C4)C3C(=O)O)c2C(=O)c2cccc(Cl)c21. The van der Waals surface area contributed by atoms with Crippen LogP contribution in [0.25, 0.3) is 0 Å². The maximum absolute atomic E-state index is 13.2. The van der Waals surface area contributed by atoms with Crippen LogP contribution in [0.1, 0.15) is 38.3 Å². The summed E-state index contributed by atoms with van der Waals surface area (Å²) in [4.78, 5) is 50.9. The maximum atomic E-state index is 13.2. The van der Waals surface area contributed by atoms with Crippen LogP contribution in [0.4, 0.5) is 5.69 Å². The first-order chi connectivity index (χ1) is 14.4. The predicted octanol–water partition coefficient (Wildman–Crippen LogP) is 3.58. The minimum Gasteiger partial charge on any atom is -0.481 e. The van der Waals surface area contributed by atoms with Gasteiger partial charge in [-0.05, 0) is 30.4 Å². The van der Waals surface area contributed by atoms with E-state index in [1.165, 1.54) is 12.1 Å². The number of benzene rings is 2. The number of ketones is 2. The lowest BCUT2D eigenvalue weighted by Crippen LogP contribution is -2.37. The molecule has 0 radical (unpaired) electrons. The zero-order valence-electron chi connectivity index (χ0n) is 15.6. The highest BCUT2D eigenvalue weighted by atomic mass is 35.5. The number of hydrogen-bond acceptors (Lipinski definition) is 4. The second-order valence-electron chi connectivity index (χ2n) is 7.88. The number of anilines is 1. The Morgan fingerprint density at radius 3 is 2.20 bits per heavy atom. The highest BCUT2D eigenvalue weighted by Crippen LogP contribution is 2.48. The van der Waals surface area contributed by atoms with Gasteiger partial charge in [0.25, 0.3) is 0 Å². The molecule has 0 aliphatic heterocycles. The molecule has 1 amide bonds. The van der Waals surface area contributed by atoms with Crippen LogP contribution in [0, 0.1) is 23.7 Å². The fourth-order valence-corrected chi connectivity index (χ4v) is 5.30. The van der Waals surface area contributed by atoms with Crippen molar-refractivity contribution in [2.45, 2.75) is 6.42 Å². The average Bonchev–Trinajstić information content (AvgIpc) is 3.33. The van der Waals surface area contributed by atoms with E-state index in [4.69, 9.17) is 11.6 Å². The van der Waals surface area contributed by atoms with E-state index in [-0.39, 0.29) is 50.6 Å². The van der Waals surface area contributed by atoms with E-state index in [0.717, 1.165) is 0 Å². The molecule has 3 aliphatic rings. The number of carbonyl (C=O) groups is 4. The lowest BCUT2D eigenvalue weighted by Gasteiger charge is -2.25. The van der Waals surface area contributed by atoms with Crippen molar-refractivity contribution in [2.24, 2.45) is 23.7 Å². The van der Waals surface area contributed by atoms with Crippen LogP contribution in [0.15, 0.2) is 48.6 Å². The van der Waals surface area contributed by atoms with Crippen molar-refractivity contribution in [2.75, 3.05) is 5.32 Å². The van der Waals surface area contributed by atoms with Gasteiger partial charge < -0.3 is 10.4 Å². The normalized spacial score (nSPS) is 25.8. The maximum Gasteiger partial charge on any atom is 0.307 e. The molecule has 0 heterocycles. The standard InChI is InChI=1S/C23H16ClNO5/c24-14-5-1-3-12-18(14)20(26)13-4-2-6-15(19(13)21(12)27)25-22(28)16-10-7-8-11(9-10)17(16)23(29)30/h1-8,10-11,16-17H,9H2,(H,25,28)(H,29,30). The molecule has 3 aliphatic carbocycles. The van der Waals surface area contributed by atoms with Gasteiger partial charge in [0.15, 0.2) is 11.6 Å². The molecule has 0 saturated heterocycles. The summed E-state index contributed by atoms with van der Waals surface area (Å²) in [5.74, 6) is -4.06. The van der Waals surface area contributed by atoms with Gasteiger partial charge in [-0.2, -0.15) is 0 Å². The van der Waals surface area contributed by atoms with Crippen molar-refractivity contribution in [3.63, 3.8) is 0 Å². The number of aliphatic carboxylic acids is 1. The molecule has 5 rings (SSSR count). The summed E-state index contributed by atoms with van der Waals surface area (Å²) in [6, 6.07) is 9.34. The van der Waals surface area contributed by atoms with E-state index < -0.39 is 29.5 Å². The van der Waals surface area contributed by atoms with Crippen LogP contribution in [-0.4, -0.2) is 28.5 Å². The van der Waals surface area contributed by atoms with E-state index in [0.29, 0.717) is 6.42 Å². The Kier molecular flexibility index (Phi) is 4.15. The minimum absolute atomic E-state index is 0.108. The van der Waals surface area contributed by atoms with Gasteiger partial charge in [-0.25, -0.2) is 0 Å². The molecular weight excluding hydrogens is 406 g/mol. The molecule has 2 bridgehead atoms. The van der Waals surface area contributed by atoms with Crippen molar-refractivity contribution in [1.29, 1.82) is 0 Å². The van der Waals surface area contributed by atoms with Gasteiger partial charge in [-0.1, -0.05) is 48.0 Å². The quantitative estimate of drug-likeness (QED) is 0.629. The topological polar surface area (TPSA) is 101 Å². The summed E-state index contributed by atoms with van der Waals surface area (Å²) in [6.07, 6.45) is 4.38. The van der Waals surface area contributed by atoms with Gasteiger partial charge in [-0.3, -0.25) is 19.2 Å². The fourth-order valence-electron chi connectivity index (χ4n) is 5.04. The Labute approximate surface area is 176 Å². The molecule has 2 aromatic carbocycles. The van der Waals surface area contributed by atoms with Crippen LogP contribution in [0.2, 0.25) is 5.02 Å². The smallest absolute Gasteiger partial charge is 0.307 e. The molecule has 0 aromatic heterocycles. The van der Waals surface area contributed by atoms with E-state index in [1.54, 1.807) is 24.3 Å². The summed E-state index contributed by atoms with van der Waals surface area (Å²) < 4.78 is 0. The molecule has 7 heteroatoms.